The van der Waals surface area contributed by atoms with Gasteiger partial charge in [0.25, 0.3) is 10.0 Å². The summed E-state index contributed by atoms with van der Waals surface area (Å²) in [7, 11) is -2.38. The number of aromatic nitrogens is 2. The molecule has 2 aromatic carbocycles. The molecule has 1 N–H and O–H groups in total. The summed E-state index contributed by atoms with van der Waals surface area (Å²) in [4.78, 5) is 0.0766. The van der Waals surface area contributed by atoms with Gasteiger partial charge >= 0.3 is 0 Å². The molecule has 25 heavy (non-hydrogen) atoms. The number of ether oxygens (including phenoxy) is 1. The average Bonchev–Trinajstić information content (AvgIpc) is 2.94. The lowest BCUT2D eigenvalue weighted by molar-refractivity contribution is 0.403. The van der Waals surface area contributed by atoms with E-state index in [0.717, 1.165) is 11.3 Å². The van der Waals surface area contributed by atoms with Crippen LogP contribution >= 0.6 is 0 Å². The largest absolute Gasteiger partial charge is 0.495 e. The molecule has 0 saturated heterocycles. The van der Waals surface area contributed by atoms with Crippen LogP contribution in [0.3, 0.4) is 0 Å². The highest BCUT2D eigenvalue weighted by Gasteiger charge is 2.22. The zero-order chi connectivity index (χ0) is 18.0. The molecule has 130 valence electrons. The minimum absolute atomic E-state index is 0.0766. The van der Waals surface area contributed by atoms with Crippen LogP contribution in [-0.4, -0.2) is 25.3 Å². The highest BCUT2D eigenvalue weighted by Crippen LogP contribution is 2.27. The average molecular weight is 357 g/mol. The van der Waals surface area contributed by atoms with Gasteiger partial charge in [-0.3, -0.25) is 4.72 Å². The van der Waals surface area contributed by atoms with E-state index in [9.17, 15) is 8.42 Å². The van der Waals surface area contributed by atoms with Crippen molar-refractivity contribution in [1.29, 1.82) is 0 Å². The van der Waals surface area contributed by atoms with Crippen molar-refractivity contribution in [1.82, 2.24) is 9.78 Å². The molecular formula is C18H19N3O3S. The number of rotatable bonds is 5. The summed E-state index contributed by atoms with van der Waals surface area (Å²) in [6, 6.07) is 15.8. The number of hydrogen-bond donors (Lipinski definition) is 1. The van der Waals surface area contributed by atoms with Crippen LogP contribution in [0.4, 0.5) is 5.82 Å². The summed E-state index contributed by atoms with van der Waals surface area (Å²) < 4.78 is 35.0. The third-order valence-corrected chi connectivity index (χ3v) is 5.17. The van der Waals surface area contributed by atoms with Crippen LogP contribution in [0.5, 0.6) is 5.75 Å². The lowest BCUT2D eigenvalue weighted by Crippen LogP contribution is -2.17. The van der Waals surface area contributed by atoms with Gasteiger partial charge in [0.1, 0.15) is 16.5 Å². The molecule has 0 aliphatic rings. The van der Waals surface area contributed by atoms with Crippen LogP contribution in [0.1, 0.15) is 11.3 Å². The fraction of sp³-hybridized carbons (Fsp3) is 0.167. The van der Waals surface area contributed by atoms with Gasteiger partial charge in [-0.05, 0) is 37.6 Å². The van der Waals surface area contributed by atoms with Gasteiger partial charge in [0.2, 0.25) is 0 Å². The second kappa shape index (κ2) is 6.60. The highest BCUT2D eigenvalue weighted by atomic mass is 32.2. The molecule has 0 bridgehead atoms. The Morgan fingerprint density at radius 3 is 2.44 bits per heavy atom. The smallest absolute Gasteiger partial charge is 0.266 e. The molecule has 0 atom stereocenters. The molecule has 0 unspecified atom stereocenters. The summed E-state index contributed by atoms with van der Waals surface area (Å²) in [5, 5.41) is 4.42. The van der Waals surface area contributed by atoms with Crippen molar-refractivity contribution in [2.75, 3.05) is 11.8 Å². The maximum atomic E-state index is 12.8. The van der Waals surface area contributed by atoms with Crippen LogP contribution in [-0.2, 0) is 10.0 Å². The summed E-state index contributed by atoms with van der Waals surface area (Å²) in [6.07, 6.45) is 0. The van der Waals surface area contributed by atoms with Crippen molar-refractivity contribution < 1.29 is 13.2 Å². The van der Waals surface area contributed by atoms with E-state index in [1.807, 2.05) is 38.1 Å². The Morgan fingerprint density at radius 1 is 1.04 bits per heavy atom. The first-order chi connectivity index (χ1) is 11.9. The lowest BCUT2D eigenvalue weighted by Gasteiger charge is -2.13. The van der Waals surface area contributed by atoms with Gasteiger partial charge in [-0.15, -0.1) is 0 Å². The first-order valence-electron chi connectivity index (χ1n) is 7.71. The van der Waals surface area contributed by atoms with Crippen molar-refractivity contribution in [2.45, 2.75) is 18.7 Å². The maximum absolute atomic E-state index is 12.8. The monoisotopic (exact) mass is 357 g/mol. The number of aryl methyl sites for hydroxylation is 2. The van der Waals surface area contributed by atoms with Crippen LogP contribution in [0.2, 0.25) is 0 Å². The minimum atomic E-state index is -3.82. The van der Waals surface area contributed by atoms with Crippen molar-refractivity contribution in [2.24, 2.45) is 0 Å². The van der Waals surface area contributed by atoms with E-state index in [4.69, 9.17) is 4.74 Å². The Bertz CT molecular complexity index is 1010. The molecule has 0 aliphatic carbocycles. The molecule has 7 heteroatoms. The predicted octanol–water partition coefficient (Wildman–Crippen LogP) is 3.30. The molecule has 0 fully saturated rings. The highest BCUT2D eigenvalue weighted by molar-refractivity contribution is 7.92. The van der Waals surface area contributed by atoms with Crippen LogP contribution in [0.15, 0.2) is 59.5 Å². The Balaban J connectivity index is 2.06. The van der Waals surface area contributed by atoms with Crippen LogP contribution < -0.4 is 9.46 Å². The Hall–Kier alpha value is -2.80. The Morgan fingerprint density at radius 2 is 1.72 bits per heavy atom. The normalized spacial score (nSPS) is 11.3. The van der Waals surface area contributed by atoms with Gasteiger partial charge in [-0.1, -0.05) is 30.3 Å². The quantitative estimate of drug-likeness (QED) is 0.760. The number of hydrogen-bond acceptors (Lipinski definition) is 4. The van der Waals surface area contributed by atoms with E-state index < -0.39 is 10.0 Å². The van der Waals surface area contributed by atoms with Crippen molar-refractivity contribution >= 4 is 15.8 Å². The summed E-state index contributed by atoms with van der Waals surface area (Å²) >= 11 is 0. The third-order valence-electron chi connectivity index (χ3n) is 3.77. The zero-order valence-corrected chi connectivity index (χ0v) is 15.0. The molecule has 3 aromatic rings. The SMILES string of the molecule is COc1ccccc1S(=O)(=O)Nc1cc(C)nn1-c1ccccc1C. The molecule has 0 spiro atoms. The third kappa shape index (κ3) is 3.36. The van der Waals surface area contributed by atoms with E-state index in [1.54, 1.807) is 28.9 Å². The molecule has 1 aromatic heterocycles. The first-order valence-corrected chi connectivity index (χ1v) is 9.19. The minimum Gasteiger partial charge on any atom is -0.495 e. The molecular weight excluding hydrogens is 338 g/mol. The van der Waals surface area contributed by atoms with E-state index >= 15 is 0 Å². The van der Waals surface area contributed by atoms with E-state index in [-0.39, 0.29) is 10.6 Å². The Labute approximate surface area is 147 Å². The number of nitrogens with zero attached hydrogens (tertiary/aromatic N) is 2. The summed E-state index contributed by atoms with van der Waals surface area (Å²) in [5.41, 5.74) is 2.51. The molecule has 3 rings (SSSR count). The molecule has 0 radical (unpaired) electrons. The predicted molar refractivity (Wildman–Crippen MR) is 96.8 cm³/mol. The van der Waals surface area contributed by atoms with E-state index in [2.05, 4.69) is 9.82 Å². The number of methoxy groups -OCH3 is 1. The number of nitrogens with one attached hydrogen (secondary N) is 1. The van der Waals surface area contributed by atoms with Crippen LogP contribution in [0, 0.1) is 13.8 Å². The first kappa shape index (κ1) is 17.0. The van der Waals surface area contributed by atoms with Gasteiger partial charge in [-0.2, -0.15) is 5.10 Å². The molecule has 1 heterocycles. The second-order valence-corrected chi connectivity index (χ2v) is 7.28. The molecule has 0 saturated carbocycles. The second-order valence-electron chi connectivity index (χ2n) is 5.63. The fourth-order valence-corrected chi connectivity index (χ4v) is 3.79. The molecule has 0 amide bonds. The van der Waals surface area contributed by atoms with E-state index in [0.29, 0.717) is 11.5 Å². The zero-order valence-electron chi connectivity index (χ0n) is 14.2. The molecule has 6 nitrogen and oxygen atoms in total. The van der Waals surface area contributed by atoms with Gasteiger partial charge in [-0.25, -0.2) is 13.1 Å². The number of anilines is 1. The fourth-order valence-electron chi connectivity index (χ4n) is 2.59. The van der Waals surface area contributed by atoms with Gasteiger partial charge in [0.05, 0.1) is 18.5 Å². The standard InChI is InChI=1S/C18H19N3O3S/c1-13-8-4-5-9-15(13)21-18(12-14(2)19-21)20-25(22,23)17-11-7-6-10-16(17)24-3/h4-12,20H,1-3H3. The van der Waals surface area contributed by atoms with Crippen molar-refractivity contribution in [3.05, 3.63) is 65.9 Å². The van der Waals surface area contributed by atoms with Gasteiger partial charge < -0.3 is 4.74 Å². The summed E-state index contributed by atoms with van der Waals surface area (Å²) in [5.74, 6) is 0.659. The van der Waals surface area contributed by atoms with E-state index in [1.165, 1.54) is 13.2 Å². The maximum Gasteiger partial charge on any atom is 0.266 e. The van der Waals surface area contributed by atoms with Crippen molar-refractivity contribution in [3.63, 3.8) is 0 Å². The number of benzene rings is 2. The van der Waals surface area contributed by atoms with Crippen molar-refractivity contribution in [3.8, 4) is 11.4 Å². The van der Waals surface area contributed by atoms with Gasteiger partial charge in [0.15, 0.2) is 0 Å². The topological polar surface area (TPSA) is 73.2 Å². The molecule has 0 aliphatic heterocycles. The Kier molecular flexibility index (Phi) is 4.50. The van der Waals surface area contributed by atoms with Crippen LogP contribution in [0.25, 0.3) is 5.69 Å². The number of para-hydroxylation sites is 2. The number of sulfonamides is 1. The lowest BCUT2D eigenvalue weighted by atomic mass is 10.2. The van der Waals surface area contributed by atoms with Gasteiger partial charge in [0, 0.05) is 6.07 Å². The summed E-state index contributed by atoms with van der Waals surface area (Å²) in [6.45, 7) is 3.76.